The summed E-state index contributed by atoms with van der Waals surface area (Å²) in [6, 6.07) is 8.11. The van der Waals surface area contributed by atoms with Gasteiger partial charge in [-0.1, -0.05) is 13.0 Å². The van der Waals surface area contributed by atoms with Gasteiger partial charge >= 0.3 is 12.1 Å². The molecule has 3 aromatic heterocycles. The molecule has 37 heavy (non-hydrogen) atoms. The molecule has 0 spiro atoms. The van der Waals surface area contributed by atoms with E-state index in [-0.39, 0.29) is 17.8 Å². The van der Waals surface area contributed by atoms with Crippen LogP contribution < -0.4 is 5.32 Å². The minimum Gasteiger partial charge on any atom is -0.481 e. The van der Waals surface area contributed by atoms with Crippen LogP contribution in [0.5, 0.6) is 0 Å². The lowest BCUT2D eigenvalue weighted by Crippen LogP contribution is -2.23. The van der Waals surface area contributed by atoms with Crippen molar-refractivity contribution in [3.05, 3.63) is 59.6 Å². The van der Waals surface area contributed by atoms with E-state index in [1.54, 1.807) is 29.7 Å². The van der Waals surface area contributed by atoms with E-state index >= 15 is 0 Å². The van der Waals surface area contributed by atoms with Gasteiger partial charge in [0.05, 0.1) is 21.3 Å². The van der Waals surface area contributed by atoms with Crippen molar-refractivity contribution in [3.8, 4) is 10.4 Å². The molecule has 1 atom stereocenters. The number of nitrogens with zero attached hydrogens (tertiary/aromatic N) is 4. The highest BCUT2D eigenvalue weighted by atomic mass is 32.1. The molecule has 5 rings (SSSR count). The topological polar surface area (TPSA) is 101 Å². The van der Waals surface area contributed by atoms with Gasteiger partial charge in [0, 0.05) is 41.1 Å². The maximum absolute atomic E-state index is 13.0. The van der Waals surface area contributed by atoms with Crippen molar-refractivity contribution in [1.82, 2.24) is 19.9 Å². The van der Waals surface area contributed by atoms with Gasteiger partial charge in [-0.15, -0.1) is 11.3 Å². The number of aliphatic carboxylic acids is 1. The van der Waals surface area contributed by atoms with E-state index in [1.165, 1.54) is 0 Å². The van der Waals surface area contributed by atoms with Gasteiger partial charge in [-0.05, 0) is 55.9 Å². The van der Waals surface area contributed by atoms with E-state index in [4.69, 9.17) is 4.98 Å². The third-order valence-electron chi connectivity index (χ3n) is 6.95. The fourth-order valence-corrected chi connectivity index (χ4v) is 5.94. The Hall–Kier alpha value is -3.60. The number of fused-ring (bicyclic) bond motifs is 1. The standard InChI is InChI=1S/C26H24F3N5O2S/c1-14(15-2-4-16(5-3-15)24(35)36)23-32-13-21(37-23)19-8-10-30-20-12-17(6-7-18(19)20)33-25-31-11-9-22(34-25)26(27,28)29/h6-16H,2-5H2,1H3,(H,35,36)(H,31,33,34). The quantitative estimate of drug-likeness (QED) is 0.281. The van der Waals surface area contributed by atoms with Gasteiger partial charge in [-0.3, -0.25) is 9.78 Å². The molecule has 4 aromatic rings. The van der Waals surface area contributed by atoms with Crippen LogP contribution in [0.3, 0.4) is 0 Å². The van der Waals surface area contributed by atoms with Gasteiger partial charge < -0.3 is 10.4 Å². The van der Waals surface area contributed by atoms with Crippen molar-refractivity contribution in [1.29, 1.82) is 0 Å². The number of nitrogens with one attached hydrogen (secondary N) is 1. The Morgan fingerprint density at radius 1 is 1.08 bits per heavy atom. The van der Waals surface area contributed by atoms with Crippen molar-refractivity contribution in [2.75, 3.05) is 5.32 Å². The highest BCUT2D eigenvalue weighted by Gasteiger charge is 2.33. The van der Waals surface area contributed by atoms with Crippen LogP contribution in [-0.4, -0.2) is 31.0 Å². The van der Waals surface area contributed by atoms with Crippen LogP contribution in [0.4, 0.5) is 24.8 Å². The number of aromatic nitrogens is 4. The first-order chi connectivity index (χ1) is 17.7. The summed E-state index contributed by atoms with van der Waals surface area (Å²) in [5.74, 6) is -0.435. The Morgan fingerprint density at radius 2 is 1.84 bits per heavy atom. The Balaban J connectivity index is 1.35. The molecule has 2 N–H and O–H groups in total. The van der Waals surface area contributed by atoms with Gasteiger partial charge in [0.15, 0.2) is 0 Å². The minimum atomic E-state index is -4.55. The molecule has 1 fully saturated rings. The lowest BCUT2D eigenvalue weighted by atomic mass is 9.76. The fraction of sp³-hybridized carbons (Fsp3) is 0.346. The molecule has 1 aromatic carbocycles. The number of thiazole rings is 1. The number of hydrogen-bond acceptors (Lipinski definition) is 7. The van der Waals surface area contributed by atoms with Crippen LogP contribution in [0.15, 0.2) is 48.9 Å². The van der Waals surface area contributed by atoms with Crippen LogP contribution in [0.1, 0.15) is 49.2 Å². The predicted molar refractivity (Wildman–Crippen MR) is 135 cm³/mol. The van der Waals surface area contributed by atoms with Crippen molar-refractivity contribution in [3.63, 3.8) is 0 Å². The number of hydrogen-bond donors (Lipinski definition) is 2. The van der Waals surface area contributed by atoms with E-state index in [0.29, 0.717) is 30.0 Å². The minimum absolute atomic E-state index is 0.149. The number of pyridine rings is 1. The Bertz CT molecular complexity index is 1430. The van der Waals surface area contributed by atoms with E-state index < -0.39 is 17.8 Å². The van der Waals surface area contributed by atoms with Crippen LogP contribution in [0.25, 0.3) is 21.3 Å². The third kappa shape index (κ3) is 5.41. The molecule has 1 aliphatic carbocycles. The molecule has 1 saturated carbocycles. The molecule has 0 amide bonds. The third-order valence-corrected chi connectivity index (χ3v) is 8.18. The first-order valence-electron chi connectivity index (χ1n) is 11.9. The van der Waals surface area contributed by atoms with Crippen molar-refractivity contribution < 1.29 is 23.1 Å². The Morgan fingerprint density at radius 3 is 2.57 bits per heavy atom. The molecule has 1 aliphatic rings. The highest BCUT2D eigenvalue weighted by molar-refractivity contribution is 7.15. The zero-order chi connectivity index (χ0) is 26.2. The van der Waals surface area contributed by atoms with Crippen molar-refractivity contribution in [2.24, 2.45) is 11.8 Å². The number of rotatable bonds is 6. The summed E-state index contributed by atoms with van der Waals surface area (Å²) in [5, 5.41) is 14.0. The molecule has 7 nitrogen and oxygen atoms in total. The molecule has 0 radical (unpaired) electrons. The molecular formula is C26H24F3N5O2S. The summed E-state index contributed by atoms with van der Waals surface area (Å²) in [6.45, 7) is 2.16. The first kappa shape index (κ1) is 25.1. The molecule has 0 aliphatic heterocycles. The molecule has 3 heterocycles. The van der Waals surface area contributed by atoms with E-state index in [2.05, 4.69) is 27.2 Å². The normalized spacial score (nSPS) is 19.0. The summed E-state index contributed by atoms with van der Waals surface area (Å²) < 4.78 is 38.9. The average molecular weight is 528 g/mol. The second kappa shape index (κ2) is 10.0. The number of carboxylic acid groups (broad SMARTS) is 1. The zero-order valence-electron chi connectivity index (χ0n) is 19.9. The van der Waals surface area contributed by atoms with Gasteiger partial charge in [0.25, 0.3) is 0 Å². The predicted octanol–water partition coefficient (Wildman–Crippen LogP) is 6.91. The first-order valence-corrected chi connectivity index (χ1v) is 12.8. The second-order valence-corrected chi connectivity index (χ2v) is 10.3. The lowest BCUT2D eigenvalue weighted by Gasteiger charge is -2.29. The number of halogens is 3. The monoisotopic (exact) mass is 527 g/mol. The van der Waals surface area contributed by atoms with E-state index in [0.717, 1.165) is 45.9 Å². The van der Waals surface area contributed by atoms with Gasteiger partial charge in [0.2, 0.25) is 5.95 Å². The largest absolute Gasteiger partial charge is 0.481 e. The lowest BCUT2D eigenvalue weighted by molar-refractivity contribution is -0.143. The molecule has 11 heteroatoms. The van der Waals surface area contributed by atoms with E-state index in [9.17, 15) is 23.1 Å². The molecule has 1 unspecified atom stereocenters. The molecule has 192 valence electrons. The van der Waals surface area contributed by atoms with Gasteiger partial charge in [-0.2, -0.15) is 13.2 Å². The number of carbonyl (C=O) groups is 1. The van der Waals surface area contributed by atoms with Gasteiger partial charge in [-0.25, -0.2) is 15.0 Å². The molecular weight excluding hydrogens is 503 g/mol. The fourth-order valence-electron chi connectivity index (χ4n) is 4.84. The maximum Gasteiger partial charge on any atom is 0.433 e. The Kier molecular flexibility index (Phi) is 6.80. The summed E-state index contributed by atoms with van der Waals surface area (Å²) >= 11 is 1.62. The maximum atomic E-state index is 13.0. The molecule has 0 bridgehead atoms. The summed E-state index contributed by atoms with van der Waals surface area (Å²) in [5.41, 5.74) is 1.14. The highest BCUT2D eigenvalue weighted by Crippen LogP contribution is 2.41. The summed E-state index contributed by atoms with van der Waals surface area (Å²) in [4.78, 5) is 28.8. The second-order valence-electron chi connectivity index (χ2n) is 9.28. The van der Waals surface area contributed by atoms with Crippen LogP contribution in [-0.2, 0) is 11.0 Å². The average Bonchev–Trinajstić information content (AvgIpc) is 3.38. The number of anilines is 2. The zero-order valence-corrected chi connectivity index (χ0v) is 20.7. The number of carboxylic acids is 1. The molecule has 0 saturated heterocycles. The van der Waals surface area contributed by atoms with Crippen molar-refractivity contribution in [2.45, 2.75) is 44.7 Å². The summed E-state index contributed by atoms with van der Waals surface area (Å²) in [6.07, 6.45) is 3.25. The van der Waals surface area contributed by atoms with Crippen LogP contribution in [0, 0.1) is 11.8 Å². The van der Waals surface area contributed by atoms with Crippen LogP contribution >= 0.6 is 11.3 Å². The number of benzene rings is 1. The smallest absolute Gasteiger partial charge is 0.433 e. The summed E-state index contributed by atoms with van der Waals surface area (Å²) in [7, 11) is 0. The van der Waals surface area contributed by atoms with E-state index in [1.807, 2.05) is 18.3 Å². The number of alkyl halides is 3. The SMILES string of the molecule is CC(c1ncc(-c2ccnc3cc(Nc4nccc(C(F)(F)F)n4)ccc23)s1)C1CCC(C(=O)O)CC1. The van der Waals surface area contributed by atoms with Crippen molar-refractivity contribution >= 4 is 39.8 Å². The van der Waals surface area contributed by atoms with Gasteiger partial charge in [0.1, 0.15) is 5.69 Å². The van der Waals surface area contributed by atoms with Crippen LogP contribution in [0.2, 0.25) is 0 Å². The Labute approximate surface area is 214 Å².